The molecule has 2 atom stereocenters. The molecule has 0 radical (unpaired) electrons. The van der Waals surface area contributed by atoms with Crippen LogP contribution in [0, 0.1) is 5.92 Å². The van der Waals surface area contributed by atoms with E-state index in [2.05, 4.69) is 32.4 Å². The maximum atomic E-state index is 5.77. The maximum Gasteiger partial charge on any atom is 0.213 e. The summed E-state index contributed by atoms with van der Waals surface area (Å²) in [7, 11) is 1.84. The molecule has 1 aromatic heterocycles. The average molecular weight is 358 g/mol. The van der Waals surface area contributed by atoms with Gasteiger partial charge in [0.1, 0.15) is 0 Å². The summed E-state index contributed by atoms with van der Waals surface area (Å²) in [4.78, 5) is 11.4. The van der Waals surface area contributed by atoms with Crippen molar-refractivity contribution in [2.45, 2.75) is 63.7 Å². The molecule has 3 aliphatic rings. The van der Waals surface area contributed by atoms with E-state index >= 15 is 0 Å². The number of hydrogen-bond donors (Lipinski definition) is 2. The molecule has 1 aliphatic heterocycles. The Hall–Kier alpha value is -1.82. The topological polar surface area (TPSA) is 61.8 Å². The molecule has 6 nitrogen and oxygen atoms in total. The van der Waals surface area contributed by atoms with Gasteiger partial charge in [0, 0.05) is 50.5 Å². The average Bonchev–Trinajstić information content (AvgIpc) is 3.56. The van der Waals surface area contributed by atoms with Crippen LogP contribution < -0.4 is 15.4 Å². The Bertz CT molecular complexity index is 641. The van der Waals surface area contributed by atoms with Crippen molar-refractivity contribution in [1.82, 2.24) is 20.5 Å². The van der Waals surface area contributed by atoms with Gasteiger partial charge in [0.25, 0.3) is 0 Å². The summed E-state index contributed by atoms with van der Waals surface area (Å²) < 4.78 is 5.77. The number of likely N-dealkylation sites (tertiary alicyclic amines) is 1. The number of pyridine rings is 1. The second kappa shape index (κ2) is 7.82. The standard InChI is InChI=1S/C20H31N5O/c1-14-9-17(12-25(14)18-5-6-18)24-20(21-2)23-11-16-7-8-22-19(10-16)26-13-15-3-4-15/h7-8,10,14-15,17-18H,3-6,9,11-13H2,1-2H3,(H2,21,23,24). The second-order valence-corrected chi connectivity index (χ2v) is 8.04. The first-order chi connectivity index (χ1) is 12.7. The van der Waals surface area contributed by atoms with E-state index in [-0.39, 0.29) is 0 Å². The zero-order valence-electron chi connectivity index (χ0n) is 15.9. The summed E-state index contributed by atoms with van der Waals surface area (Å²) in [5.74, 6) is 2.34. The molecule has 0 aromatic carbocycles. The third kappa shape index (κ3) is 4.67. The lowest BCUT2D eigenvalue weighted by Gasteiger charge is -2.20. The van der Waals surface area contributed by atoms with Crippen LogP contribution in [0.3, 0.4) is 0 Å². The predicted octanol–water partition coefficient (Wildman–Crippen LogP) is 2.16. The Morgan fingerprint density at radius 3 is 2.92 bits per heavy atom. The molecule has 1 saturated heterocycles. The molecule has 6 heteroatoms. The monoisotopic (exact) mass is 357 g/mol. The molecule has 2 saturated carbocycles. The second-order valence-electron chi connectivity index (χ2n) is 8.04. The maximum absolute atomic E-state index is 5.77. The van der Waals surface area contributed by atoms with E-state index in [1.165, 1.54) is 32.1 Å². The SMILES string of the molecule is CN=C(NCc1ccnc(OCC2CC2)c1)NC1CC(C)N(C2CC2)C1. The number of aliphatic imine (C=N–C) groups is 1. The predicted molar refractivity (Wildman–Crippen MR) is 103 cm³/mol. The van der Waals surface area contributed by atoms with E-state index in [0.29, 0.717) is 12.1 Å². The molecule has 3 fully saturated rings. The van der Waals surface area contributed by atoms with Gasteiger partial charge in [-0.1, -0.05) is 0 Å². The van der Waals surface area contributed by atoms with E-state index in [0.717, 1.165) is 49.1 Å². The van der Waals surface area contributed by atoms with Crippen molar-refractivity contribution in [1.29, 1.82) is 0 Å². The molecule has 2 aliphatic carbocycles. The van der Waals surface area contributed by atoms with Gasteiger partial charge in [-0.15, -0.1) is 0 Å². The Kier molecular flexibility index (Phi) is 5.29. The molecule has 0 bridgehead atoms. The summed E-state index contributed by atoms with van der Waals surface area (Å²) >= 11 is 0. The van der Waals surface area contributed by atoms with Gasteiger partial charge in [-0.2, -0.15) is 0 Å². The van der Waals surface area contributed by atoms with Gasteiger partial charge in [0.2, 0.25) is 5.88 Å². The van der Waals surface area contributed by atoms with Gasteiger partial charge >= 0.3 is 0 Å². The number of ether oxygens (including phenoxy) is 1. The summed E-state index contributed by atoms with van der Waals surface area (Å²) in [6, 6.07) is 6.03. The van der Waals surface area contributed by atoms with Gasteiger partial charge in [-0.3, -0.25) is 9.89 Å². The Labute approximate surface area is 156 Å². The molecule has 4 rings (SSSR count). The quantitative estimate of drug-likeness (QED) is 0.578. The first-order valence-electron chi connectivity index (χ1n) is 10.0. The fourth-order valence-electron chi connectivity index (χ4n) is 3.78. The number of nitrogens with one attached hydrogen (secondary N) is 2. The molecule has 2 heterocycles. The zero-order chi connectivity index (χ0) is 17.9. The Balaban J connectivity index is 1.25. The minimum atomic E-state index is 0.478. The Morgan fingerprint density at radius 1 is 1.35 bits per heavy atom. The van der Waals surface area contributed by atoms with Crippen molar-refractivity contribution in [3.63, 3.8) is 0 Å². The highest BCUT2D eigenvalue weighted by molar-refractivity contribution is 5.80. The van der Waals surface area contributed by atoms with E-state index < -0.39 is 0 Å². The van der Waals surface area contributed by atoms with Gasteiger partial charge in [-0.25, -0.2) is 4.98 Å². The lowest BCUT2D eigenvalue weighted by molar-refractivity contribution is 0.256. The van der Waals surface area contributed by atoms with Gasteiger partial charge in [0.05, 0.1) is 6.61 Å². The first-order valence-corrected chi connectivity index (χ1v) is 10.0. The normalized spacial score (nSPS) is 26.8. The van der Waals surface area contributed by atoms with Crippen LogP contribution in [-0.2, 0) is 6.54 Å². The summed E-state index contributed by atoms with van der Waals surface area (Å²) in [5.41, 5.74) is 1.16. The molecule has 1 aromatic rings. The van der Waals surface area contributed by atoms with Crippen LogP contribution in [0.15, 0.2) is 23.3 Å². The van der Waals surface area contributed by atoms with Gasteiger partial charge < -0.3 is 15.4 Å². The summed E-state index contributed by atoms with van der Waals surface area (Å²) in [5, 5.41) is 7.02. The fourth-order valence-corrected chi connectivity index (χ4v) is 3.78. The molecule has 0 spiro atoms. The number of aromatic nitrogens is 1. The number of hydrogen-bond acceptors (Lipinski definition) is 4. The van der Waals surface area contributed by atoms with Crippen molar-refractivity contribution in [3.05, 3.63) is 23.9 Å². The number of guanidine groups is 1. The van der Waals surface area contributed by atoms with Crippen molar-refractivity contribution in [2.24, 2.45) is 10.9 Å². The first kappa shape index (κ1) is 17.6. The van der Waals surface area contributed by atoms with Crippen LogP contribution in [0.2, 0.25) is 0 Å². The van der Waals surface area contributed by atoms with Crippen LogP contribution >= 0.6 is 0 Å². The van der Waals surface area contributed by atoms with E-state index in [9.17, 15) is 0 Å². The molecule has 142 valence electrons. The van der Waals surface area contributed by atoms with Crippen LogP contribution in [0.5, 0.6) is 5.88 Å². The summed E-state index contributed by atoms with van der Waals surface area (Å²) in [6.45, 7) is 4.98. The van der Waals surface area contributed by atoms with Crippen LogP contribution in [0.4, 0.5) is 0 Å². The lowest BCUT2D eigenvalue weighted by Crippen LogP contribution is -2.44. The highest BCUT2D eigenvalue weighted by Gasteiger charge is 2.38. The fraction of sp³-hybridized carbons (Fsp3) is 0.700. The van der Waals surface area contributed by atoms with Crippen molar-refractivity contribution >= 4 is 5.96 Å². The minimum Gasteiger partial charge on any atom is -0.477 e. The van der Waals surface area contributed by atoms with Crippen LogP contribution in [0.25, 0.3) is 0 Å². The summed E-state index contributed by atoms with van der Waals surface area (Å²) in [6.07, 6.45) is 8.34. The molecule has 0 amide bonds. The highest BCUT2D eigenvalue weighted by Crippen LogP contribution is 2.33. The molecule has 26 heavy (non-hydrogen) atoms. The largest absolute Gasteiger partial charge is 0.477 e. The number of rotatable bonds is 7. The third-order valence-electron chi connectivity index (χ3n) is 5.63. The Morgan fingerprint density at radius 2 is 2.19 bits per heavy atom. The molecule has 2 N–H and O–H groups in total. The molecule has 2 unspecified atom stereocenters. The lowest BCUT2D eigenvalue weighted by atomic mass is 10.2. The highest BCUT2D eigenvalue weighted by atomic mass is 16.5. The van der Waals surface area contributed by atoms with Crippen LogP contribution in [0.1, 0.15) is 44.6 Å². The minimum absolute atomic E-state index is 0.478. The van der Waals surface area contributed by atoms with E-state index in [4.69, 9.17) is 4.74 Å². The van der Waals surface area contributed by atoms with E-state index in [1.807, 2.05) is 25.4 Å². The van der Waals surface area contributed by atoms with Crippen LogP contribution in [-0.4, -0.2) is 54.2 Å². The van der Waals surface area contributed by atoms with Gasteiger partial charge in [-0.05, 0) is 56.6 Å². The van der Waals surface area contributed by atoms with Crippen molar-refractivity contribution in [2.75, 3.05) is 20.2 Å². The van der Waals surface area contributed by atoms with Gasteiger partial charge in [0.15, 0.2) is 5.96 Å². The third-order valence-corrected chi connectivity index (χ3v) is 5.63. The number of nitrogens with zero attached hydrogens (tertiary/aromatic N) is 3. The molecular formula is C20H31N5O. The van der Waals surface area contributed by atoms with Crippen molar-refractivity contribution < 1.29 is 4.74 Å². The zero-order valence-corrected chi connectivity index (χ0v) is 15.9. The molecular weight excluding hydrogens is 326 g/mol. The van der Waals surface area contributed by atoms with Crippen molar-refractivity contribution in [3.8, 4) is 5.88 Å². The van der Waals surface area contributed by atoms with E-state index in [1.54, 1.807) is 0 Å². The smallest absolute Gasteiger partial charge is 0.213 e.